The minimum Gasteiger partial charge on any atom is -0.480 e. The lowest BCUT2D eigenvalue weighted by molar-refractivity contribution is -0.157. The van der Waals surface area contributed by atoms with Crippen LogP contribution in [0.25, 0.3) is 0 Å². The monoisotopic (exact) mass is 304 g/mol. The lowest BCUT2D eigenvalue weighted by atomic mass is 10.2. The molecular formula is C17H24N2O3. The van der Waals surface area contributed by atoms with Gasteiger partial charge in [0.25, 0.3) is 0 Å². The van der Waals surface area contributed by atoms with Crippen LogP contribution in [0.4, 0.5) is 5.69 Å². The van der Waals surface area contributed by atoms with Gasteiger partial charge in [-0.15, -0.1) is 0 Å². The molecule has 0 aliphatic rings. The van der Waals surface area contributed by atoms with Crippen molar-refractivity contribution in [1.82, 2.24) is 0 Å². The summed E-state index contributed by atoms with van der Waals surface area (Å²) in [6.45, 7) is 11.0. The Bertz CT molecular complexity index is 552. The van der Waals surface area contributed by atoms with Crippen LogP contribution in [0.15, 0.2) is 18.2 Å². The predicted octanol–water partition coefficient (Wildman–Crippen LogP) is 3.12. The summed E-state index contributed by atoms with van der Waals surface area (Å²) in [7, 11) is 0. The number of esters is 1. The highest BCUT2D eigenvalue weighted by Gasteiger charge is 2.17. The number of rotatable bonds is 6. The maximum Gasteiger partial charge on any atom is 0.344 e. The van der Waals surface area contributed by atoms with Gasteiger partial charge in [0.15, 0.2) is 6.61 Å². The van der Waals surface area contributed by atoms with E-state index in [9.17, 15) is 4.79 Å². The lowest BCUT2D eigenvalue weighted by Crippen LogP contribution is -2.27. The number of nitrogens with zero attached hydrogens (tertiary/aromatic N) is 2. The predicted molar refractivity (Wildman–Crippen MR) is 86.1 cm³/mol. The summed E-state index contributed by atoms with van der Waals surface area (Å²) >= 11 is 0. The SMILES string of the molecule is CCN(CC)c1ccc(C#N)c(OCC(=O)OC(C)(C)C)c1. The Hall–Kier alpha value is -2.22. The molecule has 0 aliphatic heterocycles. The van der Waals surface area contributed by atoms with Gasteiger partial charge in [0, 0.05) is 24.8 Å². The van der Waals surface area contributed by atoms with Crippen molar-refractivity contribution in [3.63, 3.8) is 0 Å². The molecule has 0 unspecified atom stereocenters. The average Bonchev–Trinajstić information content (AvgIpc) is 2.45. The van der Waals surface area contributed by atoms with E-state index in [-0.39, 0.29) is 6.61 Å². The molecule has 0 spiro atoms. The Labute approximate surface area is 132 Å². The number of benzene rings is 1. The largest absolute Gasteiger partial charge is 0.480 e. The lowest BCUT2D eigenvalue weighted by Gasteiger charge is -2.22. The van der Waals surface area contributed by atoms with Gasteiger partial charge in [0.2, 0.25) is 0 Å². The van der Waals surface area contributed by atoms with Gasteiger partial charge in [0.05, 0.1) is 5.56 Å². The molecule has 0 saturated carbocycles. The Morgan fingerprint density at radius 2 is 1.91 bits per heavy atom. The fourth-order valence-corrected chi connectivity index (χ4v) is 2.02. The van der Waals surface area contributed by atoms with Crippen LogP contribution in [-0.2, 0) is 9.53 Å². The molecule has 0 aromatic heterocycles. The highest BCUT2D eigenvalue weighted by atomic mass is 16.6. The molecule has 5 nitrogen and oxygen atoms in total. The number of carbonyl (C=O) groups excluding carboxylic acids is 1. The third kappa shape index (κ3) is 5.28. The van der Waals surface area contributed by atoms with E-state index in [1.54, 1.807) is 32.9 Å². The van der Waals surface area contributed by atoms with E-state index in [0.717, 1.165) is 18.8 Å². The second kappa shape index (κ2) is 7.69. The van der Waals surface area contributed by atoms with E-state index in [2.05, 4.69) is 24.8 Å². The second-order valence-corrected chi connectivity index (χ2v) is 5.84. The molecule has 1 rings (SSSR count). The Morgan fingerprint density at radius 1 is 1.27 bits per heavy atom. The Kier molecular flexibility index (Phi) is 6.24. The zero-order valence-electron chi connectivity index (χ0n) is 14.0. The van der Waals surface area contributed by atoms with Gasteiger partial charge in [0.1, 0.15) is 17.4 Å². The van der Waals surface area contributed by atoms with Crippen molar-refractivity contribution in [3.8, 4) is 11.8 Å². The molecule has 0 bridgehead atoms. The summed E-state index contributed by atoms with van der Waals surface area (Å²) in [5, 5.41) is 9.15. The fraction of sp³-hybridized carbons (Fsp3) is 0.529. The first-order valence-electron chi connectivity index (χ1n) is 7.44. The molecule has 5 heteroatoms. The number of nitriles is 1. The average molecular weight is 304 g/mol. The number of anilines is 1. The highest BCUT2D eigenvalue weighted by Crippen LogP contribution is 2.25. The van der Waals surface area contributed by atoms with E-state index in [1.807, 2.05) is 6.07 Å². The zero-order chi connectivity index (χ0) is 16.8. The molecule has 0 N–H and O–H groups in total. The van der Waals surface area contributed by atoms with Crippen LogP contribution in [-0.4, -0.2) is 31.3 Å². The van der Waals surface area contributed by atoms with E-state index in [0.29, 0.717) is 11.3 Å². The maximum atomic E-state index is 11.7. The van der Waals surface area contributed by atoms with Crippen LogP contribution in [0.5, 0.6) is 5.75 Å². The van der Waals surface area contributed by atoms with Gasteiger partial charge >= 0.3 is 5.97 Å². The quantitative estimate of drug-likeness (QED) is 0.756. The number of hydrogen-bond acceptors (Lipinski definition) is 5. The molecule has 1 aromatic rings. The van der Waals surface area contributed by atoms with Crippen molar-refractivity contribution in [1.29, 1.82) is 5.26 Å². The molecule has 22 heavy (non-hydrogen) atoms. The van der Waals surface area contributed by atoms with E-state index in [1.165, 1.54) is 0 Å². The first kappa shape index (κ1) is 17.8. The van der Waals surface area contributed by atoms with Crippen molar-refractivity contribution in [2.75, 3.05) is 24.6 Å². The summed E-state index contributed by atoms with van der Waals surface area (Å²) in [6.07, 6.45) is 0. The van der Waals surface area contributed by atoms with Crippen molar-refractivity contribution >= 4 is 11.7 Å². The van der Waals surface area contributed by atoms with Crippen molar-refractivity contribution in [2.45, 2.75) is 40.2 Å². The van der Waals surface area contributed by atoms with Crippen molar-refractivity contribution in [3.05, 3.63) is 23.8 Å². The van der Waals surface area contributed by atoms with Crippen LogP contribution < -0.4 is 9.64 Å². The molecule has 0 heterocycles. The molecule has 0 radical (unpaired) electrons. The van der Waals surface area contributed by atoms with Crippen LogP contribution >= 0.6 is 0 Å². The van der Waals surface area contributed by atoms with Gasteiger partial charge in [-0.05, 0) is 46.8 Å². The summed E-state index contributed by atoms with van der Waals surface area (Å²) in [4.78, 5) is 13.9. The Balaban J connectivity index is 2.86. The number of hydrogen-bond donors (Lipinski definition) is 0. The van der Waals surface area contributed by atoms with Gasteiger partial charge in [-0.25, -0.2) is 4.79 Å². The van der Waals surface area contributed by atoms with E-state index >= 15 is 0 Å². The van der Waals surface area contributed by atoms with Crippen molar-refractivity contribution in [2.24, 2.45) is 0 Å². The molecule has 1 aromatic carbocycles. The van der Waals surface area contributed by atoms with Gasteiger partial charge < -0.3 is 14.4 Å². The van der Waals surface area contributed by atoms with E-state index < -0.39 is 11.6 Å². The summed E-state index contributed by atoms with van der Waals surface area (Å²) in [6, 6.07) is 7.45. The van der Waals surface area contributed by atoms with Gasteiger partial charge in [-0.2, -0.15) is 5.26 Å². The van der Waals surface area contributed by atoms with Gasteiger partial charge in [-0.1, -0.05) is 0 Å². The third-order valence-electron chi connectivity index (χ3n) is 2.98. The van der Waals surface area contributed by atoms with Crippen LogP contribution in [0.3, 0.4) is 0 Å². The molecule has 0 atom stereocenters. The number of carbonyl (C=O) groups is 1. The fourth-order valence-electron chi connectivity index (χ4n) is 2.02. The van der Waals surface area contributed by atoms with Gasteiger partial charge in [-0.3, -0.25) is 0 Å². The molecule has 0 saturated heterocycles. The summed E-state index contributed by atoms with van der Waals surface area (Å²) < 4.78 is 10.7. The zero-order valence-corrected chi connectivity index (χ0v) is 14.0. The smallest absolute Gasteiger partial charge is 0.344 e. The minimum atomic E-state index is -0.554. The molecule has 120 valence electrons. The Morgan fingerprint density at radius 3 is 2.41 bits per heavy atom. The highest BCUT2D eigenvalue weighted by molar-refractivity contribution is 5.72. The first-order valence-corrected chi connectivity index (χ1v) is 7.44. The summed E-state index contributed by atoms with van der Waals surface area (Å²) in [5.74, 6) is -0.0533. The normalized spacial score (nSPS) is 10.7. The van der Waals surface area contributed by atoms with Crippen LogP contribution in [0, 0.1) is 11.3 Å². The first-order chi connectivity index (χ1) is 10.3. The number of ether oxygens (including phenoxy) is 2. The third-order valence-corrected chi connectivity index (χ3v) is 2.98. The summed E-state index contributed by atoms with van der Waals surface area (Å²) in [5.41, 5.74) is 0.810. The van der Waals surface area contributed by atoms with Crippen molar-refractivity contribution < 1.29 is 14.3 Å². The standard InChI is InChI=1S/C17H24N2O3/c1-6-19(7-2)14-9-8-13(11-18)15(10-14)21-12-16(20)22-17(3,4)5/h8-10H,6-7,12H2,1-5H3. The molecule has 0 fully saturated rings. The molecular weight excluding hydrogens is 280 g/mol. The second-order valence-electron chi connectivity index (χ2n) is 5.84. The van der Waals surface area contributed by atoms with Crippen LogP contribution in [0.1, 0.15) is 40.2 Å². The maximum absolute atomic E-state index is 11.7. The van der Waals surface area contributed by atoms with E-state index in [4.69, 9.17) is 14.7 Å². The minimum absolute atomic E-state index is 0.215. The molecule has 0 aliphatic carbocycles. The van der Waals surface area contributed by atoms with Crippen LogP contribution in [0.2, 0.25) is 0 Å². The topological polar surface area (TPSA) is 62.6 Å². The molecule has 0 amide bonds.